The monoisotopic (exact) mass is 183 g/mol. The maximum absolute atomic E-state index is 11.1. The third kappa shape index (κ3) is 2.53. The third-order valence-corrected chi connectivity index (χ3v) is 3.40. The van der Waals surface area contributed by atoms with Crippen LogP contribution in [0.4, 0.5) is 0 Å². The first-order valence-corrected chi connectivity index (χ1v) is 5.26. The Bertz CT molecular complexity index is 189. The Morgan fingerprint density at radius 1 is 1.38 bits per heavy atom. The molecule has 1 rings (SSSR count). The van der Waals surface area contributed by atoms with E-state index >= 15 is 0 Å². The van der Waals surface area contributed by atoms with Gasteiger partial charge in [-0.2, -0.15) is 0 Å². The van der Waals surface area contributed by atoms with Crippen LogP contribution in [0.1, 0.15) is 40.0 Å². The van der Waals surface area contributed by atoms with Crippen molar-refractivity contribution < 1.29 is 4.79 Å². The van der Waals surface area contributed by atoms with Crippen LogP contribution in [0.15, 0.2) is 0 Å². The first kappa shape index (κ1) is 10.7. The van der Waals surface area contributed by atoms with E-state index in [1.165, 1.54) is 0 Å². The minimum absolute atomic E-state index is 0.438. The molecule has 0 bridgehead atoms. The van der Waals surface area contributed by atoms with Gasteiger partial charge >= 0.3 is 0 Å². The predicted octanol–water partition coefficient (Wildman–Crippen LogP) is 2.08. The lowest BCUT2D eigenvalue weighted by Gasteiger charge is -2.32. The van der Waals surface area contributed by atoms with Crippen LogP contribution in [0.25, 0.3) is 0 Å². The molecule has 2 heteroatoms. The van der Waals surface area contributed by atoms with Crippen LogP contribution < -0.4 is 0 Å². The van der Waals surface area contributed by atoms with Gasteiger partial charge in [-0.05, 0) is 26.3 Å². The standard InChI is InChI=1S/C11H21NO/c1-8(2)9(3)12(4)10-5-6-11(13)7-10/h8-10H,5-7H2,1-4H3. The Kier molecular flexibility index (Phi) is 3.48. The highest BCUT2D eigenvalue weighted by Gasteiger charge is 2.28. The van der Waals surface area contributed by atoms with E-state index in [0.717, 1.165) is 19.3 Å². The summed E-state index contributed by atoms with van der Waals surface area (Å²) < 4.78 is 0. The molecule has 0 radical (unpaired) electrons. The van der Waals surface area contributed by atoms with Crippen LogP contribution >= 0.6 is 0 Å². The van der Waals surface area contributed by atoms with Gasteiger partial charge in [0.2, 0.25) is 0 Å². The Morgan fingerprint density at radius 2 is 2.00 bits per heavy atom. The fourth-order valence-electron chi connectivity index (χ4n) is 1.94. The number of carbonyl (C=O) groups excluding carboxylic acids is 1. The van der Waals surface area contributed by atoms with Crippen molar-refractivity contribution in [2.75, 3.05) is 7.05 Å². The third-order valence-electron chi connectivity index (χ3n) is 3.40. The van der Waals surface area contributed by atoms with E-state index in [1.807, 2.05) is 0 Å². The molecule has 2 unspecified atom stereocenters. The van der Waals surface area contributed by atoms with E-state index < -0.39 is 0 Å². The minimum atomic E-state index is 0.438. The van der Waals surface area contributed by atoms with Crippen molar-refractivity contribution in [2.24, 2.45) is 5.92 Å². The molecule has 0 heterocycles. The van der Waals surface area contributed by atoms with Gasteiger partial charge in [0, 0.05) is 24.9 Å². The summed E-state index contributed by atoms with van der Waals surface area (Å²) >= 11 is 0. The van der Waals surface area contributed by atoms with Gasteiger partial charge in [-0.15, -0.1) is 0 Å². The van der Waals surface area contributed by atoms with Crippen molar-refractivity contribution in [1.29, 1.82) is 0 Å². The molecule has 76 valence electrons. The largest absolute Gasteiger partial charge is 0.300 e. The van der Waals surface area contributed by atoms with Crippen LogP contribution in [0.3, 0.4) is 0 Å². The number of carbonyl (C=O) groups is 1. The van der Waals surface area contributed by atoms with Crippen molar-refractivity contribution in [1.82, 2.24) is 4.90 Å². The quantitative estimate of drug-likeness (QED) is 0.667. The topological polar surface area (TPSA) is 20.3 Å². The highest BCUT2D eigenvalue weighted by molar-refractivity contribution is 5.81. The molecule has 0 spiro atoms. The zero-order valence-electron chi connectivity index (χ0n) is 9.21. The Balaban J connectivity index is 2.47. The second-order valence-corrected chi connectivity index (χ2v) is 4.59. The maximum atomic E-state index is 11.1. The van der Waals surface area contributed by atoms with Gasteiger partial charge in [0.15, 0.2) is 0 Å². The molecular weight excluding hydrogens is 162 g/mol. The van der Waals surface area contributed by atoms with Crippen molar-refractivity contribution in [3.63, 3.8) is 0 Å². The number of ketones is 1. The Labute approximate surface area is 81.3 Å². The van der Waals surface area contributed by atoms with E-state index in [-0.39, 0.29) is 0 Å². The summed E-state index contributed by atoms with van der Waals surface area (Å²) in [6.07, 6.45) is 2.62. The van der Waals surface area contributed by atoms with E-state index in [4.69, 9.17) is 0 Å². The summed E-state index contributed by atoms with van der Waals surface area (Å²) in [5.74, 6) is 1.11. The van der Waals surface area contributed by atoms with Crippen LogP contribution in [-0.2, 0) is 4.79 Å². The molecule has 1 aliphatic carbocycles. The summed E-state index contributed by atoms with van der Waals surface area (Å²) in [6, 6.07) is 1.08. The predicted molar refractivity (Wildman–Crippen MR) is 54.7 cm³/mol. The molecule has 0 aromatic carbocycles. The first-order valence-electron chi connectivity index (χ1n) is 5.26. The smallest absolute Gasteiger partial charge is 0.134 e. The second kappa shape index (κ2) is 4.23. The molecular formula is C11H21NO. The van der Waals surface area contributed by atoms with E-state index in [1.54, 1.807) is 0 Å². The van der Waals surface area contributed by atoms with Crippen LogP contribution in [-0.4, -0.2) is 29.8 Å². The molecule has 0 saturated heterocycles. The van der Waals surface area contributed by atoms with Crippen LogP contribution in [0.5, 0.6) is 0 Å². The summed E-state index contributed by atoms with van der Waals surface area (Å²) in [5, 5.41) is 0. The SMILES string of the molecule is CC(C)C(C)N(C)C1CCC(=O)C1. The van der Waals surface area contributed by atoms with E-state index in [2.05, 4.69) is 32.7 Å². The van der Waals surface area contributed by atoms with Crippen molar-refractivity contribution in [3.05, 3.63) is 0 Å². The van der Waals surface area contributed by atoms with Gasteiger partial charge in [0.1, 0.15) is 5.78 Å². The number of rotatable bonds is 3. The fourth-order valence-corrected chi connectivity index (χ4v) is 1.94. The zero-order chi connectivity index (χ0) is 10.0. The van der Waals surface area contributed by atoms with Crippen LogP contribution in [0.2, 0.25) is 0 Å². The number of nitrogens with zero attached hydrogens (tertiary/aromatic N) is 1. The highest BCUT2D eigenvalue weighted by Crippen LogP contribution is 2.23. The molecule has 0 amide bonds. The molecule has 0 N–H and O–H groups in total. The summed E-state index contributed by atoms with van der Waals surface area (Å²) in [6.45, 7) is 6.71. The molecule has 1 fully saturated rings. The molecule has 0 aliphatic heterocycles. The average Bonchev–Trinajstić information content (AvgIpc) is 2.49. The van der Waals surface area contributed by atoms with Gasteiger partial charge < -0.3 is 4.90 Å². The van der Waals surface area contributed by atoms with Gasteiger partial charge in [-0.3, -0.25) is 4.79 Å². The van der Waals surface area contributed by atoms with Crippen molar-refractivity contribution in [3.8, 4) is 0 Å². The molecule has 1 saturated carbocycles. The number of hydrogen-bond acceptors (Lipinski definition) is 2. The summed E-state index contributed by atoms with van der Waals surface area (Å²) in [4.78, 5) is 13.5. The highest BCUT2D eigenvalue weighted by atomic mass is 16.1. The van der Waals surface area contributed by atoms with Crippen molar-refractivity contribution in [2.45, 2.75) is 52.1 Å². The first-order chi connectivity index (χ1) is 6.02. The summed E-state index contributed by atoms with van der Waals surface area (Å²) in [5.41, 5.74) is 0. The molecule has 2 nitrogen and oxygen atoms in total. The lowest BCUT2D eigenvalue weighted by Crippen LogP contribution is -2.40. The Hall–Kier alpha value is -0.370. The zero-order valence-corrected chi connectivity index (χ0v) is 9.21. The molecule has 0 aromatic heterocycles. The Morgan fingerprint density at radius 3 is 2.38 bits per heavy atom. The minimum Gasteiger partial charge on any atom is -0.300 e. The second-order valence-electron chi connectivity index (χ2n) is 4.59. The lowest BCUT2D eigenvalue weighted by atomic mass is 10.0. The van der Waals surface area contributed by atoms with E-state index in [0.29, 0.717) is 23.8 Å². The van der Waals surface area contributed by atoms with E-state index in [9.17, 15) is 4.79 Å². The lowest BCUT2D eigenvalue weighted by molar-refractivity contribution is -0.117. The molecule has 2 atom stereocenters. The number of Topliss-reactive ketones (excluding diaryl/α,β-unsaturated/α-hetero) is 1. The molecule has 0 aromatic rings. The number of hydrogen-bond donors (Lipinski definition) is 0. The maximum Gasteiger partial charge on any atom is 0.134 e. The average molecular weight is 183 g/mol. The fraction of sp³-hybridized carbons (Fsp3) is 0.909. The molecule has 1 aliphatic rings. The normalized spacial score (nSPS) is 26.0. The van der Waals surface area contributed by atoms with Crippen LogP contribution in [0, 0.1) is 5.92 Å². The summed E-state index contributed by atoms with van der Waals surface area (Å²) in [7, 11) is 2.15. The molecule has 13 heavy (non-hydrogen) atoms. The van der Waals surface area contributed by atoms with Gasteiger partial charge in [0.05, 0.1) is 0 Å². The van der Waals surface area contributed by atoms with Gasteiger partial charge in [-0.25, -0.2) is 0 Å². The van der Waals surface area contributed by atoms with Gasteiger partial charge in [-0.1, -0.05) is 13.8 Å². The van der Waals surface area contributed by atoms with Gasteiger partial charge in [0.25, 0.3) is 0 Å². The van der Waals surface area contributed by atoms with Crippen molar-refractivity contribution >= 4 is 5.78 Å².